The van der Waals surface area contributed by atoms with E-state index in [1.54, 1.807) is 30.3 Å². The summed E-state index contributed by atoms with van der Waals surface area (Å²) in [6.45, 7) is 4.23. The first-order valence-electron chi connectivity index (χ1n) is 11.7. The molecule has 0 unspecified atom stereocenters. The maximum atomic E-state index is 13.2. The number of barbiturate groups is 1. The van der Waals surface area contributed by atoms with Crippen LogP contribution in [0, 0.1) is 13.8 Å². The van der Waals surface area contributed by atoms with Crippen molar-refractivity contribution in [1.29, 1.82) is 0 Å². The molecule has 6 nitrogen and oxygen atoms in total. The van der Waals surface area contributed by atoms with E-state index < -0.39 is 17.8 Å². The lowest BCUT2D eigenvalue weighted by molar-refractivity contribution is -0.122. The Morgan fingerprint density at radius 2 is 1.65 bits per heavy atom. The van der Waals surface area contributed by atoms with Crippen molar-refractivity contribution in [3.8, 4) is 5.75 Å². The molecule has 1 aliphatic heterocycles. The molecule has 0 bridgehead atoms. The van der Waals surface area contributed by atoms with Crippen LogP contribution in [0.1, 0.15) is 22.3 Å². The number of rotatable bonds is 5. The van der Waals surface area contributed by atoms with Crippen molar-refractivity contribution in [3.63, 3.8) is 0 Å². The van der Waals surface area contributed by atoms with Crippen molar-refractivity contribution >= 4 is 56.3 Å². The van der Waals surface area contributed by atoms with Gasteiger partial charge in [-0.15, -0.1) is 0 Å². The molecule has 1 aliphatic rings. The summed E-state index contributed by atoms with van der Waals surface area (Å²) < 4.78 is 6.68. The number of carbonyl (C=O) groups is 3. The molecular formula is C30H23BrN2O4. The van der Waals surface area contributed by atoms with Crippen LogP contribution >= 0.6 is 15.9 Å². The van der Waals surface area contributed by atoms with Crippen LogP contribution in [0.15, 0.2) is 88.9 Å². The molecule has 0 saturated carbocycles. The van der Waals surface area contributed by atoms with E-state index in [9.17, 15) is 14.4 Å². The van der Waals surface area contributed by atoms with Crippen molar-refractivity contribution in [2.24, 2.45) is 0 Å². The highest BCUT2D eigenvalue weighted by Gasteiger charge is 2.36. The number of imide groups is 2. The largest absolute Gasteiger partial charge is 0.488 e. The third kappa shape index (κ3) is 5.04. The predicted molar refractivity (Wildman–Crippen MR) is 147 cm³/mol. The van der Waals surface area contributed by atoms with Gasteiger partial charge in [-0.25, -0.2) is 9.69 Å². The van der Waals surface area contributed by atoms with Gasteiger partial charge < -0.3 is 4.74 Å². The van der Waals surface area contributed by atoms with Crippen LogP contribution in [0.5, 0.6) is 5.75 Å². The molecule has 0 aliphatic carbocycles. The Bertz CT molecular complexity index is 1610. The van der Waals surface area contributed by atoms with Crippen LogP contribution in [-0.4, -0.2) is 17.8 Å². The Hall–Kier alpha value is -4.23. The van der Waals surface area contributed by atoms with Gasteiger partial charge in [0.1, 0.15) is 17.9 Å². The van der Waals surface area contributed by atoms with Gasteiger partial charge in [-0.05, 0) is 99.2 Å². The van der Waals surface area contributed by atoms with E-state index >= 15 is 0 Å². The number of nitrogens with zero attached hydrogens (tertiary/aromatic N) is 1. The van der Waals surface area contributed by atoms with Crippen molar-refractivity contribution in [2.75, 3.05) is 4.90 Å². The molecule has 184 valence electrons. The Morgan fingerprint density at radius 3 is 2.41 bits per heavy atom. The number of hydrogen-bond acceptors (Lipinski definition) is 4. The third-order valence-corrected chi connectivity index (χ3v) is 6.95. The van der Waals surface area contributed by atoms with Gasteiger partial charge in [-0.2, -0.15) is 0 Å². The fourth-order valence-electron chi connectivity index (χ4n) is 4.14. The number of fused-ring (bicyclic) bond motifs is 1. The fraction of sp³-hybridized carbons (Fsp3) is 0.100. The quantitative estimate of drug-likeness (QED) is 0.227. The van der Waals surface area contributed by atoms with E-state index in [2.05, 4.69) is 45.5 Å². The Balaban J connectivity index is 1.36. The number of halogens is 1. The first-order valence-corrected chi connectivity index (χ1v) is 12.5. The number of ether oxygens (including phenoxy) is 1. The van der Waals surface area contributed by atoms with Crippen molar-refractivity contribution in [1.82, 2.24) is 5.32 Å². The topological polar surface area (TPSA) is 75.7 Å². The van der Waals surface area contributed by atoms with Gasteiger partial charge in [0, 0.05) is 0 Å². The van der Waals surface area contributed by atoms with E-state index in [0.29, 0.717) is 28.1 Å². The zero-order valence-electron chi connectivity index (χ0n) is 20.2. The number of urea groups is 1. The van der Waals surface area contributed by atoms with E-state index in [0.717, 1.165) is 27.0 Å². The number of hydrogen-bond donors (Lipinski definition) is 1. The van der Waals surface area contributed by atoms with Crippen molar-refractivity contribution in [2.45, 2.75) is 20.5 Å². The highest BCUT2D eigenvalue weighted by Crippen LogP contribution is 2.29. The minimum atomic E-state index is -0.769. The van der Waals surface area contributed by atoms with Gasteiger partial charge in [0.15, 0.2) is 0 Å². The lowest BCUT2D eigenvalue weighted by Crippen LogP contribution is -2.54. The zero-order chi connectivity index (χ0) is 26.1. The van der Waals surface area contributed by atoms with Crippen LogP contribution in [0.25, 0.3) is 16.8 Å². The molecule has 1 heterocycles. The molecule has 1 saturated heterocycles. The van der Waals surface area contributed by atoms with Crippen LogP contribution < -0.4 is 15.0 Å². The van der Waals surface area contributed by atoms with Crippen LogP contribution in [-0.2, 0) is 16.2 Å². The highest BCUT2D eigenvalue weighted by atomic mass is 79.9. The van der Waals surface area contributed by atoms with E-state index in [1.165, 1.54) is 11.5 Å². The summed E-state index contributed by atoms with van der Waals surface area (Å²) in [6, 6.07) is 24.1. The minimum absolute atomic E-state index is 0.130. The van der Waals surface area contributed by atoms with Gasteiger partial charge in [0.05, 0.1) is 10.2 Å². The molecule has 37 heavy (non-hydrogen) atoms. The molecule has 1 fully saturated rings. The molecule has 0 aromatic heterocycles. The van der Waals surface area contributed by atoms with E-state index in [4.69, 9.17) is 4.74 Å². The maximum Gasteiger partial charge on any atom is 0.335 e. The average Bonchev–Trinajstić information content (AvgIpc) is 2.88. The molecule has 0 radical (unpaired) electrons. The summed E-state index contributed by atoms with van der Waals surface area (Å²) in [5.41, 5.74) is 3.89. The third-order valence-electron chi connectivity index (χ3n) is 6.33. The summed E-state index contributed by atoms with van der Waals surface area (Å²) in [4.78, 5) is 39.2. The summed E-state index contributed by atoms with van der Waals surface area (Å²) in [7, 11) is 0. The molecule has 5 rings (SSSR count). The maximum absolute atomic E-state index is 13.2. The molecule has 0 atom stereocenters. The van der Waals surface area contributed by atoms with Gasteiger partial charge in [0.25, 0.3) is 11.8 Å². The molecular weight excluding hydrogens is 532 g/mol. The summed E-state index contributed by atoms with van der Waals surface area (Å²) in [6.07, 6.45) is 1.47. The van der Waals surface area contributed by atoms with Crippen molar-refractivity contribution < 1.29 is 19.1 Å². The number of benzene rings is 4. The van der Waals surface area contributed by atoms with Gasteiger partial charge in [0.2, 0.25) is 0 Å². The van der Waals surface area contributed by atoms with Crippen LogP contribution in [0.4, 0.5) is 10.5 Å². The molecule has 4 aromatic carbocycles. The van der Waals surface area contributed by atoms with E-state index in [1.807, 2.05) is 38.1 Å². The molecule has 4 amide bonds. The number of carbonyl (C=O) groups excluding carboxylic acids is 3. The first kappa shape index (κ1) is 24.5. The second-order valence-electron chi connectivity index (χ2n) is 8.89. The van der Waals surface area contributed by atoms with Crippen LogP contribution in [0.3, 0.4) is 0 Å². The smallest absolute Gasteiger partial charge is 0.335 e. The fourth-order valence-corrected chi connectivity index (χ4v) is 4.65. The number of nitrogens with one attached hydrogen (secondary N) is 1. The molecule has 1 N–H and O–H groups in total. The van der Waals surface area contributed by atoms with Gasteiger partial charge >= 0.3 is 6.03 Å². The van der Waals surface area contributed by atoms with Gasteiger partial charge in [-0.3, -0.25) is 14.9 Å². The number of anilines is 1. The summed E-state index contributed by atoms with van der Waals surface area (Å²) in [5, 5.41) is 4.58. The molecule has 4 aromatic rings. The zero-order valence-corrected chi connectivity index (χ0v) is 21.8. The SMILES string of the molecule is Cc1ccc(N2C(=O)NC(=O)/C(=C\c3ccc(OCc4ccc5ccccc5c4)c(Br)c3)C2=O)cc1C. The number of amides is 4. The number of aryl methyl sites for hydroxylation is 2. The monoisotopic (exact) mass is 554 g/mol. The lowest BCUT2D eigenvalue weighted by atomic mass is 10.0. The Kier molecular flexibility index (Phi) is 6.63. The summed E-state index contributed by atoms with van der Waals surface area (Å²) >= 11 is 3.52. The first-order chi connectivity index (χ1) is 17.8. The minimum Gasteiger partial charge on any atom is -0.488 e. The lowest BCUT2D eigenvalue weighted by Gasteiger charge is -2.26. The second-order valence-corrected chi connectivity index (χ2v) is 9.74. The summed E-state index contributed by atoms with van der Waals surface area (Å²) in [5.74, 6) is -0.783. The van der Waals surface area contributed by atoms with E-state index in [-0.39, 0.29) is 5.57 Å². The highest BCUT2D eigenvalue weighted by molar-refractivity contribution is 9.10. The standard InChI is InChI=1S/C30H23BrN2O4/c1-18-7-11-24(13-19(18)2)33-29(35)25(28(34)32-30(33)36)15-20-9-12-27(26(31)16-20)37-17-21-8-10-22-5-3-4-6-23(22)14-21/h3-16H,17H2,1-2H3,(H,32,34,36)/b25-15+. The molecule has 7 heteroatoms. The Morgan fingerprint density at radius 1 is 0.865 bits per heavy atom. The second kappa shape index (κ2) is 10.0. The molecule has 0 spiro atoms. The van der Waals surface area contributed by atoms with Crippen LogP contribution in [0.2, 0.25) is 0 Å². The van der Waals surface area contributed by atoms with Crippen molar-refractivity contribution in [3.05, 3.63) is 111 Å². The normalized spacial score (nSPS) is 14.8. The van der Waals surface area contributed by atoms with Gasteiger partial charge in [-0.1, -0.05) is 48.5 Å². The Labute approximate surface area is 222 Å². The average molecular weight is 555 g/mol. The predicted octanol–water partition coefficient (Wildman–Crippen LogP) is 6.46.